The summed E-state index contributed by atoms with van der Waals surface area (Å²) in [6.07, 6.45) is 1.65. The highest BCUT2D eigenvalue weighted by atomic mass is 16.5. The molecule has 0 aromatic carbocycles. The maximum absolute atomic E-state index is 11.9. The Hall–Kier alpha value is -2.29. The van der Waals surface area contributed by atoms with Crippen molar-refractivity contribution in [2.24, 2.45) is 12.0 Å². The Kier molecular flexibility index (Phi) is 10.2. The second-order valence-corrected chi connectivity index (χ2v) is 6.20. The SMILES string of the molecule is CCOCCCNC(=NCc1c(CC)nn(C)c1OC)NCC(=O)N(C)C. The molecule has 0 bridgehead atoms. The van der Waals surface area contributed by atoms with Crippen LogP contribution in [-0.4, -0.2) is 74.1 Å². The van der Waals surface area contributed by atoms with Gasteiger partial charge in [0, 0.05) is 40.9 Å². The van der Waals surface area contributed by atoms with E-state index in [2.05, 4.69) is 27.6 Å². The molecule has 0 fully saturated rings. The number of rotatable bonds is 11. The van der Waals surface area contributed by atoms with Crippen LogP contribution in [0.25, 0.3) is 0 Å². The molecule has 0 saturated carbocycles. The maximum Gasteiger partial charge on any atom is 0.241 e. The van der Waals surface area contributed by atoms with Gasteiger partial charge in [-0.15, -0.1) is 0 Å². The number of likely N-dealkylation sites (N-methyl/N-ethyl adjacent to an activating group) is 1. The molecule has 0 unspecified atom stereocenters. The summed E-state index contributed by atoms with van der Waals surface area (Å²) in [5.41, 5.74) is 1.91. The molecule has 1 aromatic rings. The van der Waals surface area contributed by atoms with Crippen molar-refractivity contribution in [3.63, 3.8) is 0 Å². The van der Waals surface area contributed by atoms with E-state index in [1.807, 2.05) is 14.0 Å². The summed E-state index contributed by atoms with van der Waals surface area (Å²) in [7, 11) is 6.94. The van der Waals surface area contributed by atoms with E-state index in [0.717, 1.165) is 24.1 Å². The van der Waals surface area contributed by atoms with E-state index in [-0.39, 0.29) is 12.5 Å². The molecule has 154 valence electrons. The van der Waals surface area contributed by atoms with E-state index in [4.69, 9.17) is 9.47 Å². The van der Waals surface area contributed by atoms with Gasteiger partial charge in [0.2, 0.25) is 11.8 Å². The third kappa shape index (κ3) is 7.46. The quantitative estimate of drug-likeness (QED) is 0.330. The molecule has 2 N–H and O–H groups in total. The van der Waals surface area contributed by atoms with Crippen molar-refractivity contribution in [2.45, 2.75) is 33.2 Å². The molecule has 1 amide bonds. The zero-order chi connectivity index (χ0) is 20.2. The third-order valence-electron chi connectivity index (χ3n) is 3.96. The monoisotopic (exact) mass is 382 g/mol. The molecule has 0 aliphatic carbocycles. The molecule has 9 nitrogen and oxygen atoms in total. The van der Waals surface area contributed by atoms with Gasteiger partial charge in [-0.1, -0.05) is 6.92 Å². The van der Waals surface area contributed by atoms with Crippen molar-refractivity contribution in [2.75, 3.05) is 47.5 Å². The second-order valence-electron chi connectivity index (χ2n) is 6.20. The van der Waals surface area contributed by atoms with Gasteiger partial charge >= 0.3 is 0 Å². The molecular formula is C18H34N6O3. The fourth-order valence-electron chi connectivity index (χ4n) is 2.48. The van der Waals surface area contributed by atoms with Crippen LogP contribution < -0.4 is 15.4 Å². The van der Waals surface area contributed by atoms with Crippen LogP contribution in [0.15, 0.2) is 4.99 Å². The van der Waals surface area contributed by atoms with Crippen molar-refractivity contribution >= 4 is 11.9 Å². The second kappa shape index (κ2) is 12.2. The molecule has 0 aliphatic heterocycles. The van der Waals surface area contributed by atoms with Gasteiger partial charge in [0.15, 0.2) is 5.96 Å². The first-order valence-corrected chi connectivity index (χ1v) is 9.33. The largest absolute Gasteiger partial charge is 0.481 e. The Morgan fingerprint density at radius 3 is 2.63 bits per heavy atom. The van der Waals surface area contributed by atoms with Gasteiger partial charge in [-0.05, 0) is 19.8 Å². The van der Waals surface area contributed by atoms with Gasteiger partial charge in [-0.3, -0.25) is 4.79 Å². The van der Waals surface area contributed by atoms with Gasteiger partial charge in [-0.2, -0.15) is 5.10 Å². The number of carbonyl (C=O) groups is 1. The zero-order valence-corrected chi connectivity index (χ0v) is 17.5. The Morgan fingerprint density at radius 1 is 1.30 bits per heavy atom. The highest BCUT2D eigenvalue weighted by molar-refractivity contribution is 5.86. The highest BCUT2D eigenvalue weighted by Gasteiger charge is 2.15. The van der Waals surface area contributed by atoms with Crippen LogP contribution >= 0.6 is 0 Å². The molecule has 1 aromatic heterocycles. The summed E-state index contributed by atoms with van der Waals surface area (Å²) >= 11 is 0. The highest BCUT2D eigenvalue weighted by Crippen LogP contribution is 2.22. The molecule has 1 rings (SSSR count). The normalized spacial score (nSPS) is 11.4. The topological polar surface area (TPSA) is 93.0 Å². The summed E-state index contributed by atoms with van der Waals surface area (Å²) in [5, 5.41) is 10.8. The number of aryl methyl sites for hydroxylation is 2. The lowest BCUT2D eigenvalue weighted by atomic mass is 10.2. The molecule has 0 atom stereocenters. The van der Waals surface area contributed by atoms with Crippen molar-refractivity contribution in [3.05, 3.63) is 11.3 Å². The summed E-state index contributed by atoms with van der Waals surface area (Å²) in [4.78, 5) is 18.0. The van der Waals surface area contributed by atoms with E-state index in [1.54, 1.807) is 30.8 Å². The molecule has 0 spiro atoms. The summed E-state index contributed by atoms with van der Waals surface area (Å²) in [6, 6.07) is 0. The van der Waals surface area contributed by atoms with Gasteiger partial charge in [0.1, 0.15) is 0 Å². The standard InChI is InChI=1S/C18H34N6O3/c1-7-15-14(17(26-6)24(5)22-15)12-20-18(19-10-9-11-27-8-2)21-13-16(25)23(3)4/h7-13H2,1-6H3,(H2,19,20,21). The van der Waals surface area contributed by atoms with E-state index < -0.39 is 0 Å². The Labute approximate surface area is 162 Å². The van der Waals surface area contributed by atoms with Crippen molar-refractivity contribution in [3.8, 4) is 5.88 Å². The number of nitrogens with zero attached hydrogens (tertiary/aromatic N) is 4. The average molecular weight is 383 g/mol. The van der Waals surface area contributed by atoms with Crippen LogP contribution in [0.1, 0.15) is 31.5 Å². The molecule has 9 heteroatoms. The van der Waals surface area contributed by atoms with E-state index >= 15 is 0 Å². The lowest BCUT2D eigenvalue weighted by Crippen LogP contribution is -2.43. The average Bonchev–Trinajstić information content (AvgIpc) is 2.97. The first-order valence-electron chi connectivity index (χ1n) is 9.33. The summed E-state index contributed by atoms with van der Waals surface area (Å²) < 4.78 is 12.5. The zero-order valence-electron chi connectivity index (χ0n) is 17.5. The minimum Gasteiger partial charge on any atom is -0.481 e. The van der Waals surface area contributed by atoms with Gasteiger partial charge < -0.3 is 25.0 Å². The number of hydrogen-bond acceptors (Lipinski definition) is 5. The number of aromatic nitrogens is 2. The van der Waals surface area contributed by atoms with Crippen molar-refractivity contribution in [1.82, 2.24) is 25.3 Å². The van der Waals surface area contributed by atoms with Crippen LogP contribution in [0.5, 0.6) is 5.88 Å². The number of carbonyl (C=O) groups excluding carboxylic acids is 1. The Balaban J connectivity index is 2.82. The number of amides is 1. The smallest absolute Gasteiger partial charge is 0.241 e. The molecule has 27 heavy (non-hydrogen) atoms. The van der Waals surface area contributed by atoms with Crippen molar-refractivity contribution < 1.29 is 14.3 Å². The van der Waals surface area contributed by atoms with Gasteiger partial charge in [-0.25, -0.2) is 9.67 Å². The lowest BCUT2D eigenvalue weighted by Gasteiger charge is -2.15. The van der Waals surface area contributed by atoms with Crippen LogP contribution in [-0.2, 0) is 29.5 Å². The predicted molar refractivity (Wildman–Crippen MR) is 106 cm³/mol. The third-order valence-corrected chi connectivity index (χ3v) is 3.96. The molecule has 0 radical (unpaired) electrons. The number of guanidine groups is 1. The maximum atomic E-state index is 11.9. The number of nitrogens with one attached hydrogen (secondary N) is 2. The van der Waals surface area contributed by atoms with Gasteiger partial charge in [0.05, 0.1) is 31.5 Å². The van der Waals surface area contributed by atoms with E-state index in [9.17, 15) is 4.79 Å². The molecule has 0 aliphatic rings. The first kappa shape index (κ1) is 22.8. The number of hydrogen-bond donors (Lipinski definition) is 2. The Bertz CT molecular complexity index is 612. The first-order chi connectivity index (χ1) is 12.9. The minimum atomic E-state index is -0.0213. The predicted octanol–water partition coefficient (Wildman–Crippen LogP) is 0.541. The van der Waals surface area contributed by atoms with Crippen LogP contribution in [0.4, 0.5) is 0 Å². The minimum absolute atomic E-state index is 0.0213. The molecule has 1 heterocycles. The molecular weight excluding hydrogens is 348 g/mol. The van der Waals surface area contributed by atoms with Crippen LogP contribution in [0.3, 0.4) is 0 Å². The van der Waals surface area contributed by atoms with Crippen LogP contribution in [0, 0.1) is 0 Å². The fraction of sp³-hybridized carbons (Fsp3) is 0.722. The fourth-order valence-corrected chi connectivity index (χ4v) is 2.48. The van der Waals surface area contributed by atoms with Gasteiger partial charge in [0.25, 0.3) is 0 Å². The lowest BCUT2D eigenvalue weighted by molar-refractivity contribution is -0.127. The molecule has 0 saturated heterocycles. The number of methoxy groups -OCH3 is 1. The van der Waals surface area contributed by atoms with Crippen molar-refractivity contribution in [1.29, 1.82) is 0 Å². The Morgan fingerprint density at radius 2 is 2.04 bits per heavy atom. The van der Waals surface area contributed by atoms with Crippen LogP contribution in [0.2, 0.25) is 0 Å². The number of aliphatic imine (C=N–C) groups is 1. The van der Waals surface area contributed by atoms with E-state index in [0.29, 0.717) is 38.1 Å². The van der Waals surface area contributed by atoms with E-state index in [1.165, 1.54) is 0 Å². The number of ether oxygens (including phenoxy) is 2. The summed E-state index contributed by atoms with van der Waals surface area (Å²) in [5.74, 6) is 1.26. The summed E-state index contributed by atoms with van der Waals surface area (Å²) in [6.45, 7) is 6.71.